The van der Waals surface area contributed by atoms with Gasteiger partial charge in [0, 0.05) is 6.07 Å². The monoisotopic (exact) mass is 268 g/mol. The molecule has 0 heterocycles. The van der Waals surface area contributed by atoms with E-state index < -0.39 is 30.0 Å². The summed E-state index contributed by atoms with van der Waals surface area (Å²) >= 11 is 0. The molecule has 0 saturated carbocycles. The first-order valence-corrected chi connectivity index (χ1v) is 6.67. The fraction of sp³-hybridized carbons (Fsp3) is 0.143. The summed E-state index contributed by atoms with van der Waals surface area (Å²) in [5.41, 5.74) is 0. The van der Waals surface area contributed by atoms with Gasteiger partial charge in [-0.2, -0.15) is 16.8 Å². The second kappa shape index (κ2) is 4.01. The van der Waals surface area contributed by atoms with E-state index in [-0.39, 0.29) is 5.75 Å². The van der Waals surface area contributed by atoms with Gasteiger partial charge in [0.2, 0.25) is 0 Å². The van der Waals surface area contributed by atoms with E-state index in [1.54, 1.807) is 0 Å². The Labute approximate surface area is 92.2 Å². The summed E-state index contributed by atoms with van der Waals surface area (Å²) in [7, 11) is -8.27. The van der Waals surface area contributed by atoms with Gasteiger partial charge in [-0.05, 0) is 12.1 Å². The molecule has 0 amide bonds. The van der Waals surface area contributed by atoms with Crippen molar-refractivity contribution in [3.63, 3.8) is 0 Å². The van der Waals surface area contributed by atoms with Crippen molar-refractivity contribution in [3.8, 4) is 5.75 Å². The van der Waals surface area contributed by atoms with E-state index in [0.29, 0.717) is 0 Å². The molecule has 0 atom stereocenters. The lowest BCUT2D eigenvalue weighted by Crippen LogP contribution is -2.08. The third kappa shape index (κ3) is 2.70. The smallest absolute Gasteiger partial charge is 0.296 e. The van der Waals surface area contributed by atoms with E-state index in [1.807, 2.05) is 0 Å². The van der Waals surface area contributed by atoms with E-state index in [9.17, 15) is 16.8 Å². The van der Waals surface area contributed by atoms with E-state index >= 15 is 0 Å². The fourth-order valence-electron chi connectivity index (χ4n) is 1.03. The van der Waals surface area contributed by atoms with Crippen LogP contribution in [-0.2, 0) is 20.2 Å². The van der Waals surface area contributed by atoms with Gasteiger partial charge in [-0.3, -0.25) is 9.11 Å². The molecule has 0 saturated heterocycles. The van der Waals surface area contributed by atoms with Crippen LogP contribution in [0.3, 0.4) is 0 Å². The average Bonchev–Trinajstić information content (AvgIpc) is 2.14. The van der Waals surface area contributed by atoms with Crippen LogP contribution in [0.15, 0.2) is 28.0 Å². The zero-order valence-corrected chi connectivity index (χ0v) is 9.62. The van der Waals surface area contributed by atoms with Crippen molar-refractivity contribution < 1.29 is 30.7 Å². The Morgan fingerprint density at radius 1 is 1.00 bits per heavy atom. The van der Waals surface area contributed by atoms with Crippen molar-refractivity contribution in [2.24, 2.45) is 0 Å². The van der Waals surface area contributed by atoms with Gasteiger partial charge in [-0.15, -0.1) is 0 Å². The molecule has 9 heteroatoms. The molecule has 0 aromatic heterocycles. The number of hydrogen-bond acceptors (Lipinski definition) is 5. The van der Waals surface area contributed by atoms with Gasteiger partial charge in [-0.25, -0.2) is 0 Å². The molecular weight excluding hydrogens is 260 g/mol. The second-order valence-electron chi connectivity index (χ2n) is 2.76. The van der Waals surface area contributed by atoms with Crippen molar-refractivity contribution in [2.75, 3.05) is 7.11 Å². The lowest BCUT2D eigenvalue weighted by Gasteiger charge is -2.06. The zero-order valence-electron chi connectivity index (χ0n) is 7.98. The molecule has 0 unspecified atom stereocenters. The van der Waals surface area contributed by atoms with E-state index in [2.05, 4.69) is 4.74 Å². The summed E-state index contributed by atoms with van der Waals surface area (Å²) in [6.07, 6.45) is 0. The second-order valence-corrected chi connectivity index (χ2v) is 5.54. The Morgan fingerprint density at radius 3 is 1.88 bits per heavy atom. The highest BCUT2D eigenvalue weighted by Crippen LogP contribution is 2.25. The molecule has 1 rings (SSSR count). The van der Waals surface area contributed by atoms with Crippen LogP contribution in [0.25, 0.3) is 0 Å². The van der Waals surface area contributed by atoms with Gasteiger partial charge in [0.05, 0.1) is 7.11 Å². The largest absolute Gasteiger partial charge is 0.497 e. The first-order chi connectivity index (χ1) is 7.16. The SMILES string of the molecule is COc1ccc(S(=O)(=O)O)c(S(=O)(=O)O)c1. The van der Waals surface area contributed by atoms with Crippen LogP contribution >= 0.6 is 0 Å². The predicted molar refractivity (Wildman–Crippen MR) is 52.6 cm³/mol. The maximum absolute atomic E-state index is 10.9. The number of hydrogen-bond donors (Lipinski definition) is 2. The Bertz CT molecular complexity index is 600. The lowest BCUT2D eigenvalue weighted by molar-refractivity contribution is 0.411. The van der Waals surface area contributed by atoms with E-state index in [1.165, 1.54) is 7.11 Å². The molecule has 1 aromatic rings. The van der Waals surface area contributed by atoms with Crippen molar-refractivity contribution in [1.29, 1.82) is 0 Å². The third-order valence-corrected chi connectivity index (χ3v) is 3.64. The van der Waals surface area contributed by atoms with Crippen LogP contribution in [0.2, 0.25) is 0 Å². The van der Waals surface area contributed by atoms with E-state index in [4.69, 9.17) is 9.11 Å². The van der Waals surface area contributed by atoms with Crippen molar-refractivity contribution >= 4 is 20.2 Å². The quantitative estimate of drug-likeness (QED) is 0.751. The maximum atomic E-state index is 10.9. The molecule has 2 N–H and O–H groups in total. The first-order valence-electron chi connectivity index (χ1n) is 3.79. The number of rotatable bonds is 3. The highest BCUT2D eigenvalue weighted by molar-refractivity contribution is 7.89. The molecule has 0 bridgehead atoms. The van der Waals surface area contributed by atoms with Gasteiger partial charge < -0.3 is 4.74 Å². The van der Waals surface area contributed by atoms with Crippen molar-refractivity contribution in [2.45, 2.75) is 9.79 Å². The topological polar surface area (TPSA) is 118 Å². The Morgan fingerprint density at radius 2 is 1.50 bits per heavy atom. The Hall–Kier alpha value is -1.16. The predicted octanol–water partition coefficient (Wildman–Crippen LogP) is 0.189. The van der Waals surface area contributed by atoms with Gasteiger partial charge in [0.1, 0.15) is 15.5 Å². The van der Waals surface area contributed by atoms with Gasteiger partial charge in [0.15, 0.2) is 0 Å². The van der Waals surface area contributed by atoms with Crippen LogP contribution in [0.5, 0.6) is 5.75 Å². The molecule has 0 fully saturated rings. The summed E-state index contributed by atoms with van der Waals surface area (Å²) in [6, 6.07) is 2.74. The van der Waals surface area contributed by atoms with Crippen LogP contribution < -0.4 is 4.74 Å². The van der Waals surface area contributed by atoms with Crippen molar-refractivity contribution in [3.05, 3.63) is 18.2 Å². The highest BCUT2D eigenvalue weighted by Gasteiger charge is 2.24. The summed E-state index contributed by atoms with van der Waals surface area (Å²) in [4.78, 5) is -1.84. The molecule has 16 heavy (non-hydrogen) atoms. The minimum atomic E-state index is -4.77. The minimum absolute atomic E-state index is 0.0278. The average molecular weight is 268 g/mol. The zero-order chi connectivity index (χ0) is 12.6. The number of ether oxygens (including phenoxy) is 1. The first kappa shape index (κ1) is 12.9. The van der Waals surface area contributed by atoms with Crippen LogP contribution in [-0.4, -0.2) is 33.1 Å². The molecule has 0 aliphatic rings. The molecular formula is C7H8O7S2. The third-order valence-electron chi connectivity index (χ3n) is 1.71. The van der Waals surface area contributed by atoms with Crippen LogP contribution in [0.1, 0.15) is 0 Å². The lowest BCUT2D eigenvalue weighted by atomic mass is 10.3. The highest BCUT2D eigenvalue weighted by atomic mass is 32.2. The Kier molecular flexibility index (Phi) is 3.24. The van der Waals surface area contributed by atoms with Crippen LogP contribution in [0, 0.1) is 0 Å². The summed E-state index contributed by atoms with van der Waals surface area (Å²) in [6.45, 7) is 0. The molecule has 7 nitrogen and oxygen atoms in total. The van der Waals surface area contributed by atoms with E-state index in [0.717, 1.165) is 18.2 Å². The molecule has 90 valence electrons. The Balaban J connectivity index is 3.66. The number of methoxy groups -OCH3 is 1. The van der Waals surface area contributed by atoms with Crippen molar-refractivity contribution in [1.82, 2.24) is 0 Å². The summed E-state index contributed by atoms with van der Waals surface area (Å²) in [5, 5.41) is 0. The minimum Gasteiger partial charge on any atom is -0.497 e. The fourth-order valence-corrected chi connectivity index (χ4v) is 2.80. The summed E-state index contributed by atoms with van der Waals surface area (Å²) < 4.78 is 65.7. The number of benzene rings is 1. The van der Waals surface area contributed by atoms with Gasteiger partial charge in [0.25, 0.3) is 20.2 Å². The molecule has 0 aliphatic carbocycles. The van der Waals surface area contributed by atoms with Gasteiger partial charge in [-0.1, -0.05) is 0 Å². The normalized spacial score (nSPS) is 12.4. The van der Waals surface area contributed by atoms with Crippen LogP contribution in [0.4, 0.5) is 0 Å². The summed E-state index contributed by atoms with van der Waals surface area (Å²) in [5.74, 6) is 0.0278. The standard InChI is InChI=1S/C7H8O7S2/c1-14-5-2-3-6(15(8,9)10)7(4-5)16(11,12)13/h2-4H,1H3,(H,8,9,10)(H,11,12,13). The maximum Gasteiger partial charge on any atom is 0.296 e. The molecule has 1 aromatic carbocycles. The van der Waals surface area contributed by atoms with Gasteiger partial charge >= 0.3 is 0 Å². The molecule has 0 radical (unpaired) electrons. The molecule has 0 spiro atoms. The molecule has 0 aliphatic heterocycles.